The van der Waals surface area contributed by atoms with Crippen LogP contribution in [0.5, 0.6) is 5.75 Å². The van der Waals surface area contributed by atoms with Gasteiger partial charge in [0.1, 0.15) is 5.75 Å². The molecule has 0 aliphatic heterocycles. The molecule has 120 valence electrons. The highest BCUT2D eigenvalue weighted by molar-refractivity contribution is 5.66. The molecule has 0 N–H and O–H groups in total. The van der Waals surface area contributed by atoms with E-state index in [4.69, 9.17) is 10.00 Å². The van der Waals surface area contributed by atoms with Crippen LogP contribution in [0.15, 0.2) is 23.8 Å². The van der Waals surface area contributed by atoms with E-state index in [2.05, 4.69) is 36.9 Å². The summed E-state index contributed by atoms with van der Waals surface area (Å²) in [6.45, 7) is 8.40. The fourth-order valence-electron chi connectivity index (χ4n) is 2.35. The molecule has 3 heteroatoms. The topological polar surface area (TPSA) is 36.3 Å². The molecule has 0 fully saturated rings. The maximum absolute atomic E-state index is 8.93. The van der Waals surface area contributed by atoms with Crippen LogP contribution in [0.25, 0.3) is 6.08 Å². The average Bonchev–Trinajstić information content (AvgIpc) is 2.55. The Labute approximate surface area is 135 Å². The van der Waals surface area contributed by atoms with Gasteiger partial charge < -0.3 is 9.64 Å². The first-order valence-electron chi connectivity index (χ1n) is 8.17. The monoisotopic (exact) mass is 300 g/mol. The van der Waals surface area contributed by atoms with Gasteiger partial charge in [-0.15, -0.1) is 0 Å². The van der Waals surface area contributed by atoms with E-state index in [-0.39, 0.29) is 0 Å². The highest BCUT2D eigenvalue weighted by Crippen LogP contribution is 2.28. The van der Waals surface area contributed by atoms with Crippen LogP contribution in [-0.2, 0) is 0 Å². The molecule has 0 bridgehead atoms. The van der Waals surface area contributed by atoms with Crippen molar-refractivity contribution < 1.29 is 4.74 Å². The predicted molar refractivity (Wildman–Crippen MR) is 94.3 cm³/mol. The van der Waals surface area contributed by atoms with E-state index in [1.807, 2.05) is 19.1 Å². The van der Waals surface area contributed by atoms with Crippen molar-refractivity contribution in [2.75, 3.05) is 25.1 Å². The average molecular weight is 300 g/mol. The third kappa shape index (κ3) is 5.44. The van der Waals surface area contributed by atoms with Crippen molar-refractivity contribution >= 4 is 11.8 Å². The van der Waals surface area contributed by atoms with Crippen molar-refractivity contribution in [1.29, 1.82) is 5.26 Å². The van der Waals surface area contributed by atoms with Crippen LogP contribution >= 0.6 is 0 Å². The lowest BCUT2D eigenvalue weighted by Crippen LogP contribution is -2.25. The maximum Gasteiger partial charge on any atom is 0.128 e. The Morgan fingerprint density at radius 1 is 1.23 bits per heavy atom. The predicted octanol–water partition coefficient (Wildman–Crippen LogP) is 5.03. The standard InChI is InChI=1S/C19H28N2O/c1-5-7-11-21(12-8-6-2)18-10-9-17(13-16(3)15-20)19(14-18)22-4/h9-10,13-14H,5-8,11-12H2,1-4H3/b16-13-. The molecule has 0 saturated carbocycles. The number of nitriles is 1. The summed E-state index contributed by atoms with van der Waals surface area (Å²) in [6, 6.07) is 8.41. The second-order valence-corrected chi connectivity index (χ2v) is 5.56. The largest absolute Gasteiger partial charge is 0.496 e. The Morgan fingerprint density at radius 3 is 2.36 bits per heavy atom. The molecule has 0 aromatic heterocycles. The SMILES string of the molecule is CCCCN(CCCC)c1ccc(/C=C(/C)C#N)c(OC)c1. The van der Waals surface area contributed by atoms with Crippen LogP contribution in [0.1, 0.15) is 52.0 Å². The van der Waals surface area contributed by atoms with Gasteiger partial charge >= 0.3 is 0 Å². The van der Waals surface area contributed by atoms with Gasteiger partial charge in [0.05, 0.1) is 13.2 Å². The van der Waals surface area contributed by atoms with Crippen molar-refractivity contribution in [3.8, 4) is 11.8 Å². The minimum Gasteiger partial charge on any atom is -0.496 e. The van der Waals surface area contributed by atoms with Gasteiger partial charge in [-0.25, -0.2) is 0 Å². The number of allylic oxidation sites excluding steroid dienone is 1. The molecular formula is C19H28N2O. The molecule has 1 rings (SSSR count). The van der Waals surface area contributed by atoms with Crippen LogP contribution in [-0.4, -0.2) is 20.2 Å². The number of benzene rings is 1. The molecule has 0 radical (unpaired) electrons. The molecule has 0 atom stereocenters. The van der Waals surface area contributed by atoms with E-state index >= 15 is 0 Å². The summed E-state index contributed by atoms with van der Waals surface area (Å²) in [6.07, 6.45) is 6.65. The first kappa shape index (κ1) is 18.1. The Balaban J connectivity index is 3.04. The van der Waals surface area contributed by atoms with Crippen molar-refractivity contribution in [3.05, 3.63) is 29.3 Å². The molecule has 0 aliphatic carbocycles. The molecular weight excluding hydrogens is 272 g/mol. The van der Waals surface area contributed by atoms with E-state index in [0.29, 0.717) is 5.57 Å². The van der Waals surface area contributed by atoms with Gasteiger partial charge in [-0.3, -0.25) is 0 Å². The van der Waals surface area contributed by atoms with Crippen molar-refractivity contribution in [2.24, 2.45) is 0 Å². The van der Waals surface area contributed by atoms with Crippen LogP contribution < -0.4 is 9.64 Å². The molecule has 0 spiro atoms. The smallest absolute Gasteiger partial charge is 0.128 e. The van der Waals surface area contributed by atoms with Crippen molar-refractivity contribution in [1.82, 2.24) is 0 Å². The van der Waals surface area contributed by atoms with Crippen molar-refractivity contribution in [2.45, 2.75) is 46.5 Å². The number of nitrogens with zero attached hydrogens (tertiary/aromatic N) is 2. The summed E-state index contributed by atoms with van der Waals surface area (Å²) in [4.78, 5) is 2.43. The maximum atomic E-state index is 8.93. The number of ether oxygens (including phenoxy) is 1. The Bertz CT molecular complexity index is 521. The molecule has 0 unspecified atom stereocenters. The highest BCUT2D eigenvalue weighted by atomic mass is 16.5. The van der Waals surface area contributed by atoms with Crippen molar-refractivity contribution in [3.63, 3.8) is 0 Å². The lowest BCUT2D eigenvalue weighted by Gasteiger charge is -2.25. The summed E-state index contributed by atoms with van der Waals surface area (Å²) in [5.41, 5.74) is 2.83. The summed E-state index contributed by atoms with van der Waals surface area (Å²) < 4.78 is 5.51. The summed E-state index contributed by atoms with van der Waals surface area (Å²) in [7, 11) is 1.68. The first-order chi connectivity index (χ1) is 10.7. The Kier molecular flexibility index (Phi) is 8.14. The molecule has 0 heterocycles. The number of methoxy groups -OCH3 is 1. The van der Waals surface area contributed by atoms with E-state index in [1.54, 1.807) is 7.11 Å². The molecule has 0 aliphatic rings. The van der Waals surface area contributed by atoms with Gasteiger partial charge in [0.25, 0.3) is 0 Å². The zero-order valence-electron chi connectivity index (χ0n) is 14.4. The van der Waals surface area contributed by atoms with Gasteiger partial charge in [-0.05, 0) is 38.0 Å². The number of hydrogen-bond donors (Lipinski definition) is 0. The third-order valence-corrected chi connectivity index (χ3v) is 3.69. The lowest BCUT2D eigenvalue weighted by molar-refractivity contribution is 0.413. The van der Waals surface area contributed by atoms with E-state index < -0.39 is 0 Å². The van der Waals surface area contributed by atoms with Gasteiger partial charge in [0, 0.05) is 36.0 Å². The zero-order valence-corrected chi connectivity index (χ0v) is 14.4. The van der Waals surface area contributed by atoms with Crippen LogP contribution in [0, 0.1) is 11.3 Å². The quantitative estimate of drug-likeness (QED) is 0.600. The molecule has 3 nitrogen and oxygen atoms in total. The second kappa shape index (κ2) is 9.89. The van der Waals surface area contributed by atoms with E-state index in [1.165, 1.54) is 31.4 Å². The summed E-state index contributed by atoms with van der Waals surface area (Å²) in [5.74, 6) is 0.824. The fraction of sp³-hybridized carbons (Fsp3) is 0.526. The molecule has 22 heavy (non-hydrogen) atoms. The van der Waals surface area contributed by atoms with Gasteiger partial charge in [-0.1, -0.05) is 26.7 Å². The summed E-state index contributed by atoms with van der Waals surface area (Å²) in [5, 5.41) is 8.93. The normalized spacial score (nSPS) is 11.1. The van der Waals surface area contributed by atoms with Crippen LogP contribution in [0.3, 0.4) is 0 Å². The molecule has 0 amide bonds. The fourth-order valence-corrected chi connectivity index (χ4v) is 2.35. The number of unbranched alkanes of at least 4 members (excludes halogenated alkanes) is 2. The highest BCUT2D eigenvalue weighted by Gasteiger charge is 2.09. The lowest BCUT2D eigenvalue weighted by atomic mass is 10.1. The number of rotatable bonds is 9. The van der Waals surface area contributed by atoms with E-state index in [9.17, 15) is 0 Å². The van der Waals surface area contributed by atoms with Crippen LogP contribution in [0.2, 0.25) is 0 Å². The number of anilines is 1. The minimum absolute atomic E-state index is 0.680. The van der Waals surface area contributed by atoms with Crippen LogP contribution in [0.4, 0.5) is 5.69 Å². The van der Waals surface area contributed by atoms with Gasteiger partial charge in [0.15, 0.2) is 0 Å². The minimum atomic E-state index is 0.680. The van der Waals surface area contributed by atoms with Gasteiger partial charge in [0.2, 0.25) is 0 Å². The molecule has 1 aromatic rings. The first-order valence-corrected chi connectivity index (χ1v) is 8.17. The Hall–Kier alpha value is -1.95. The molecule has 0 saturated heterocycles. The molecule has 1 aromatic carbocycles. The Morgan fingerprint density at radius 2 is 1.86 bits per heavy atom. The third-order valence-electron chi connectivity index (χ3n) is 3.69. The van der Waals surface area contributed by atoms with E-state index in [0.717, 1.165) is 24.4 Å². The second-order valence-electron chi connectivity index (χ2n) is 5.56. The number of hydrogen-bond acceptors (Lipinski definition) is 3. The summed E-state index contributed by atoms with van der Waals surface area (Å²) >= 11 is 0. The zero-order chi connectivity index (χ0) is 16.4. The van der Waals surface area contributed by atoms with Gasteiger partial charge in [-0.2, -0.15) is 5.26 Å².